The summed E-state index contributed by atoms with van der Waals surface area (Å²) in [6.45, 7) is 4.08. The Morgan fingerprint density at radius 2 is 1.97 bits per heavy atom. The van der Waals surface area contributed by atoms with Gasteiger partial charge in [-0.25, -0.2) is 0 Å². The highest BCUT2D eigenvalue weighted by Crippen LogP contribution is 2.37. The number of aryl methyl sites for hydroxylation is 2. The van der Waals surface area contributed by atoms with Gasteiger partial charge in [-0.1, -0.05) is 23.4 Å². The second kappa shape index (κ2) is 9.06. The lowest BCUT2D eigenvalue weighted by molar-refractivity contribution is 0.306. The van der Waals surface area contributed by atoms with Crippen molar-refractivity contribution >= 4 is 27.1 Å². The number of thiophene rings is 1. The molecule has 4 aromatic rings. The molecular formula is C24H27N5OS. The second-order valence-electron chi connectivity index (χ2n) is 8.25. The van der Waals surface area contributed by atoms with Crippen LogP contribution in [0.2, 0.25) is 0 Å². The number of aromatic amines is 1. The molecule has 5 rings (SSSR count). The van der Waals surface area contributed by atoms with E-state index < -0.39 is 0 Å². The van der Waals surface area contributed by atoms with Crippen molar-refractivity contribution in [3.8, 4) is 5.75 Å². The number of piperidine rings is 1. The number of tetrazole rings is 1. The molecule has 0 radical (unpaired) electrons. The van der Waals surface area contributed by atoms with Crippen LogP contribution in [0.25, 0.3) is 10.1 Å². The van der Waals surface area contributed by atoms with Gasteiger partial charge in [-0.2, -0.15) is 5.21 Å². The molecule has 7 heteroatoms. The van der Waals surface area contributed by atoms with E-state index in [0.29, 0.717) is 12.6 Å². The van der Waals surface area contributed by atoms with Crippen molar-refractivity contribution < 1.29 is 4.74 Å². The van der Waals surface area contributed by atoms with Gasteiger partial charge in [0.1, 0.15) is 12.4 Å². The van der Waals surface area contributed by atoms with Crippen LogP contribution in [-0.2, 0) is 19.4 Å². The summed E-state index contributed by atoms with van der Waals surface area (Å²) in [7, 11) is 0. The normalized spacial score (nSPS) is 16.7. The van der Waals surface area contributed by atoms with Crippen molar-refractivity contribution in [2.45, 2.75) is 51.7 Å². The number of aromatic nitrogens is 4. The summed E-state index contributed by atoms with van der Waals surface area (Å²) in [5.41, 5.74) is 3.83. The van der Waals surface area contributed by atoms with Gasteiger partial charge in [0, 0.05) is 34.5 Å². The van der Waals surface area contributed by atoms with Gasteiger partial charge in [0.15, 0.2) is 5.82 Å². The average Bonchev–Trinajstić information content (AvgIpc) is 3.47. The van der Waals surface area contributed by atoms with Gasteiger partial charge in [-0.05, 0) is 68.0 Å². The van der Waals surface area contributed by atoms with E-state index in [-0.39, 0.29) is 0 Å². The lowest BCUT2D eigenvalue weighted by Crippen LogP contribution is -2.37. The highest BCUT2D eigenvalue weighted by atomic mass is 32.1. The van der Waals surface area contributed by atoms with Crippen LogP contribution >= 0.6 is 11.3 Å². The van der Waals surface area contributed by atoms with Crippen molar-refractivity contribution in [2.24, 2.45) is 0 Å². The predicted molar refractivity (Wildman–Crippen MR) is 125 cm³/mol. The van der Waals surface area contributed by atoms with Crippen LogP contribution in [0.1, 0.15) is 43.1 Å². The van der Waals surface area contributed by atoms with Crippen LogP contribution in [0.3, 0.4) is 0 Å². The standard InChI is InChI=1S/C24H27N5OS/c1-17-4-2-3-13-29(17)22-16-31-23-11-7-19(14-21(22)23)15-30-20-9-5-18(6-10-20)8-12-24-25-27-28-26-24/h5-7,9-11,14,16-17H,2-4,8,12-13,15H2,1H3,(H,25,26,27,28). The number of hydrogen-bond acceptors (Lipinski definition) is 6. The lowest BCUT2D eigenvalue weighted by Gasteiger charge is -2.35. The summed E-state index contributed by atoms with van der Waals surface area (Å²) in [5, 5.41) is 17.8. The van der Waals surface area contributed by atoms with Crippen LogP contribution in [0.5, 0.6) is 5.75 Å². The molecule has 1 aliphatic rings. The topological polar surface area (TPSA) is 66.9 Å². The Morgan fingerprint density at radius 3 is 2.77 bits per heavy atom. The SMILES string of the molecule is CC1CCCCN1c1csc2ccc(COc3ccc(CCc4nn[nH]n4)cc3)cc12. The monoisotopic (exact) mass is 433 g/mol. The first kappa shape index (κ1) is 20.0. The van der Waals surface area contributed by atoms with Crippen molar-refractivity contribution in [3.05, 3.63) is 64.8 Å². The van der Waals surface area contributed by atoms with Gasteiger partial charge in [0.05, 0.1) is 5.69 Å². The number of nitrogens with zero attached hydrogens (tertiary/aromatic N) is 4. The number of benzene rings is 2. The molecule has 0 bridgehead atoms. The molecule has 3 heterocycles. The highest BCUT2D eigenvalue weighted by Gasteiger charge is 2.21. The molecule has 2 aromatic heterocycles. The fraction of sp³-hybridized carbons (Fsp3) is 0.375. The Balaban J connectivity index is 1.24. The largest absolute Gasteiger partial charge is 0.489 e. The van der Waals surface area contributed by atoms with E-state index >= 15 is 0 Å². The molecule has 1 aliphatic heterocycles. The fourth-order valence-electron chi connectivity index (χ4n) is 4.29. The summed E-state index contributed by atoms with van der Waals surface area (Å²) in [4.78, 5) is 2.58. The third kappa shape index (κ3) is 4.56. The zero-order valence-electron chi connectivity index (χ0n) is 17.8. The van der Waals surface area contributed by atoms with Crippen molar-refractivity contribution in [1.29, 1.82) is 0 Å². The van der Waals surface area contributed by atoms with Crippen LogP contribution in [0.15, 0.2) is 47.8 Å². The molecule has 2 aromatic carbocycles. The molecule has 1 unspecified atom stereocenters. The number of ether oxygens (including phenoxy) is 1. The van der Waals surface area contributed by atoms with Gasteiger partial charge in [-0.3, -0.25) is 0 Å². The molecule has 0 amide bonds. The zero-order chi connectivity index (χ0) is 21.0. The van der Waals surface area contributed by atoms with Gasteiger partial charge < -0.3 is 9.64 Å². The maximum absolute atomic E-state index is 6.08. The molecule has 0 aliphatic carbocycles. The van der Waals surface area contributed by atoms with Crippen molar-refractivity contribution in [2.75, 3.05) is 11.4 Å². The summed E-state index contributed by atoms with van der Waals surface area (Å²) in [6, 6.07) is 15.6. The third-order valence-electron chi connectivity index (χ3n) is 6.09. The average molecular weight is 434 g/mol. The lowest BCUT2D eigenvalue weighted by atomic mass is 10.0. The van der Waals surface area contributed by atoms with E-state index in [0.717, 1.165) is 31.0 Å². The molecule has 1 N–H and O–H groups in total. The molecule has 6 nitrogen and oxygen atoms in total. The fourth-order valence-corrected chi connectivity index (χ4v) is 5.23. The molecule has 31 heavy (non-hydrogen) atoms. The van der Waals surface area contributed by atoms with Crippen LogP contribution in [0, 0.1) is 0 Å². The van der Waals surface area contributed by atoms with Gasteiger partial charge >= 0.3 is 0 Å². The van der Waals surface area contributed by atoms with Gasteiger partial charge in [-0.15, -0.1) is 21.5 Å². The van der Waals surface area contributed by atoms with Crippen LogP contribution in [0.4, 0.5) is 5.69 Å². The number of anilines is 1. The number of rotatable bonds is 7. The number of hydrogen-bond donors (Lipinski definition) is 1. The van der Waals surface area contributed by atoms with E-state index in [4.69, 9.17) is 4.74 Å². The maximum Gasteiger partial charge on any atom is 0.174 e. The minimum Gasteiger partial charge on any atom is -0.489 e. The van der Waals surface area contributed by atoms with Gasteiger partial charge in [0.2, 0.25) is 0 Å². The van der Waals surface area contributed by atoms with E-state index in [1.807, 2.05) is 23.5 Å². The summed E-state index contributed by atoms with van der Waals surface area (Å²) < 4.78 is 7.43. The number of fused-ring (bicyclic) bond motifs is 1. The Morgan fingerprint density at radius 1 is 1.10 bits per heavy atom. The molecule has 1 atom stereocenters. The Labute approximate surface area is 186 Å². The Bertz CT molecular complexity index is 1120. The minimum absolute atomic E-state index is 0.572. The second-order valence-corrected chi connectivity index (χ2v) is 9.16. The summed E-state index contributed by atoms with van der Waals surface area (Å²) in [6.07, 6.45) is 5.57. The smallest absolute Gasteiger partial charge is 0.174 e. The minimum atomic E-state index is 0.572. The Kier molecular flexibility index (Phi) is 5.84. The molecular weight excluding hydrogens is 406 g/mol. The van der Waals surface area contributed by atoms with E-state index in [2.05, 4.69) is 68.2 Å². The summed E-state index contributed by atoms with van der Waals surface area (Å²) >= 11 is 1.84. The van der Waals surface area contributed by atoms with E-state index in [9.17, 15) is 0 Å². The molecule has 160 valence electrons. The first-order valence-electron chi connectivity index (χ1n) is 11.0. The maximum atomic E-state index is 6.08. The first-order valence-corrected chi connectivity index (χ1v) is 11.8. The van der Waals surface area contributed by atoms with Crippen LogP contribution < -0.4 is 9.64 Å². The van der Waals surface area contributed by atoms with Gasteiger partial charge in [0.25, 0.3) is 0 Å². The van der Waals surface area contributed by atoms with Crippen molar-refractivity contribution in [3.63, 3.8) is 0 Å². The Hall–Kier alpha value is -2.93. The molecule has 0 saturated carbocycles. The molecule has 0 spiro atoms. The zero-order valence-corrected chi connectivity index (χ0v) is 18.6. The number of H-pyrrole nitrogens is 1. The van der Waals surface area contributed by atoms with E-state index in [1.54, 1.807) is 0 Å². The van der Waals surface area contributed by atoms with Crippen LogP contribution in [-0.4, -0.2) is 33.2 Å². The predicted octanol–water partition coefficient (Wildman–Crippen LogP) is 5.16. The first-order chi connectivity index (χ1) is 15.3. The molecule has 1 saturated heterocycles. The molecule has 1 fully saturated rings. The number of nitrogens with one attached hydrogen (secondary N) is 1. The highest BCUT2D eigenvalue weighted by molar-refractivity contribution is 7.17. The third-order valence-corrected chi connectivity index (χ3v) is 7.04. The van der Waals surface area contributed by atoms with Crippen molar-refractivity contribution in [1.82, 2.24) is 20.6 Å². The van der Waals surface area contributed by atoms with E-state index in [1.165, 1.54) is 46.2 Å². The quantitative estimate of drug-likeness (QED) is 0.436. The summed E-state index contributed by atoms with van der Waals surface area (Å²) in [5.74, 6) is 1.63.